The maximum atomic E-state index is 12.3. The molecule has 1 aromatic heterocycles. The highest BCUT2D eigenvalue weighted by Gasteiger charge is 2.29. The van der Waals surface area contributed by atoms with Gasteiger partial charge in [0.05, 0.1) is 12.6 Å². The number of aryl methyl sites for hydroxylation is 1. The Morgan fingerprint density at radius 1 is 1.41 bits per heavy atom. The molecule has 0 spiro atoms. The molecule has 0 aromatic carbocycles. The lowest BCUT2D eigenvalue weighted by atomic mass is 10.2. The predicted octanol–water partition coefficient (Wildman–Crippen LogP) is 0.953. The van der Waals surface area contributed by atoms with Crippen molar-refractivity contribution >= 4 is 5.91 Å². The van der Waals surface area contributed by atoms with Crippen molar-refractivity contribution in [2.75, 3.05) is 27.6 Å². The fraction of sp³-hybridized carbons (Fsp3) is 0.583. The molecule has 1 atom stereocenters. The van der Waals surface area contributed by atoms with E-state index in [2.05, 4.69) is 0 Å². The minimum atomic E-state index is 0.0106. The Hall–Kier alpha value is -1.33. The molecule has 1 unspecified atom stereocenters. The summed E-state index contributed by atoms with van der Waals surface area (Å²) in [6, 6.07) is 3.82. The molecule has 1 aliphatic heterocycles. The molecular weight excluding hydrogens is 220 g/mol. The molecule has 5 nitrogen and oxygen atoms in total. The van der Waals surface area contributed by atoms with Gasteiger partial charge >= 0.3 is 0 Å². The molecule has 94 valence electrons. The zero-order valence-corrected chi connectivity index (χ0v) is 10.3. The quantitative estimate of drug-likeness (QED) is 0.784. The lowest BCUT2D eigenvalue weighted by Crippen LogP contribution is -2.43. The maximum Gasteiger partial charge on any atom is 0.272 e. The van der Waals surface area contributed by atoms with E-state index in [1.165, 1.54) is 0 Å². The van der Waals surface area contributed by atoms with Crippen LogP contribution in [-0.2, 0) is 16.0 Å². The smallest absolute Gasteiger partial charge is 0.272 e. The van der Waals surface area contributed by atoms with Gasteiger partial charge in [0.25, 0.3) is 5.91 Å². The summed E-state index contributed by atoms with van der Waals surface area (Å²) in [6.07, 6.45) is 2.82. The lowest BCUT2D eigenvalue weighted by Gasteiger charge is -2.28. The largest absolute Gasteiger partial charge is 0.383 e. The normalized spacial score (nSPS) is 20.2. The van der Waals surface area contributed by atoms with E-state index in [-0.39, 0.29) is 11.9 Å². The zero-order chi connectivity index (χ0) is 12.3. The monoisotopic (exact) mass is 238 g/mol. The highest BCUT2D eigenvalue weighted by molar-refractivity contribution is 5.93. The van der Waals surface area contributed by atoms with Gasteiger partial charge in [0.15, 0.2) is 0 Å². The van der Waals surface area contributed by atoms with E-state index in [9.17, 15) is 4.79 Å². The molecule has 2 heterocycles. The van der Waals surface area contributed by atoms with Gasteiger partial charge in [-0.05, 0) is 18.6 Å². The van der Waals surface area contributed by atoms with E-state index in [1.807, 2.05) is 22.9 Å². The molecule has 0 aliphatic carbocycles. The van der Waals surface area contributed by atoms with Crippen molar-refractivity contribution in [3.05, 3.63) is 24.0 Å². The molecule has 1 aliphatic rings. The maximum absolute atomic E-state index is 12.3. The number of carbonyl (C=O) groups excluding carboxylic acids is 1. The summed E-state index contributed by atoms with van der Waals surface area (Å²) in [5.41, 5.74) is 0.723. The minimum absolute atomic E-state index is 0.0106. The van der Waals surface area contributed by atoms with Crippen LogP contribution in [0.4, 0.5) is 0 Å². The molecule has 0 fully saturated rings. The average molecular weight is 238 g/mol. The first-order valence-electron chi connectivity index (χ1n) is 5.72. The van der Waals surface area contributed by atoms with Gasteiger partial charge in [0.1, 0.15) is 12.4 Å². The van der Waals surface area contributed by atoms with E-state index in [1.54, 1.807) is 19.1 Å². The Labute approximate surface area is 101 Å². The van der Waals surface area contributed by atoms with Crippen molar-refractivity contribution in [1.82, 2.24) is 9.47 Å². The molecule has 1 amide bonds. The number of hydrogen-bond acceptors (Lipinski definition) is 3. The second-order valence-corrected chi connectivity index (χ2v) is 4.18. The van der Waals surface area contributed by atoms with Gasteiger partial charge in [-0.1, -0.05) is 0 Å². The number of methoxy groups -OCH3 is 2. The van der Waals surface area contributed by atoms with Gasteiger partial charge in [-0.25, -0.2) is 0 Å². The van der Waals surface area contributed by atoms with Crippen LogP contribution in [0.15, 0.2) is 18.3 Å². The van der Waals surface area contributed by atoms with Crippen molar-refractivity contribution in [2.45, 2.75) is 19.0 Å². The summed E-state index contributed by atoms with van der Waals surface area (Å²) >= 11 is 0. The standard InChI is InChI=1S/C12H18N2O3/c1-16-8-10-5-7-13-6-3-4-11(13)12(15)14(10)9-17-2/h3-4,6,10H,5,7-9H2,1-2H3. The van der Waals surface area contributed by atoms with Crippen molar-refractivity contribution in [1.29, 1.82) is 0 Å². The number of aromatic nitrogens is 1. The topological polar surface area (TPSA) is 43.7 Å². The summed E-state index contributed by atoms with van der Waals surface area (Å²) in [7, 11) is 3.25. The van der Waals surface area contributed by atoms with E-state index < -0.39 is 0 Å². The van der Waals surface area contributed by atoms with Crippen molar-refractivity contribution in [3.63, 3.8) is 0 Å². The van der Waals surface area contributed by atoms with Gasteiger partial charge in [0, 0.05) is 27.0 Å². The Bertz CT molecular complexity index is 389. The summed E-state index contributed by atoms with van der Waals surface area (Å²) in [5, 5.41) is 0. The van der Waals surface area contributed by atoms with Crippen LogP contribution in [0.25, 0.3) is 0 Å². The molecule has 0 saturated carbocycles. The molecule has 0 saturated heterocycles. The molecule has 0 N–H and O–H groups in total. The van der Waals surface area contributed by atoms with Crippen LogP contribution in [0.5, 0.6) is 0 Å². The third kappa shape index (κ3) is 2.35. The number of carbonyl (C=O) groups is 1. The van der Waals surface area contributed by atoms with Gasteiger partial charge in [-0.3, -0.25) is 4.79 Å². The number of hydrogen-bond donors (Lipinski definition) is 0. The SMILES string of the molecule is COCC1CCn2cccc2C(=O)N1COC. The Morgan fingerprint density at radius 2 is 2.24 bits per heavy atom. The summed E-state index contributed by atoms with van der Waals surface area (Å²) < 4.78 is 12.3. The number of rotatable bonds is 4. The van der Waals surface area contributed by atoms with Crippen LogP contribution in [-0.4, -0.2) is 49.0 Å². The molecular formula is C12H18N2O3. The molecule has 0 radical (unpaired) electrons. The van der Waals surface area contributed by atoms with Crippen LogP contribution >= 0.6 is 0 Å². The number of amides is 1. The van der Waals surface area contributed by atoms with Crippen LogP contribution in [0.1, 0.15) is 16.9 Å². The highest BCUT2D eigenvalue weighted by atomic mass is 16.5. The van der Waals surface area contributed by atoms with E-state index in [0.717, 1.165) is 18.7 Å². The second-order valence-electron chi connectivity index (χ2n) is 4.18. The van der Waals surface area contributed by atoms with Gasteiger partial charge < -0.3 is 18.9 Å². The first-order chi connectivity index (χ1) is 8.27. The number of ether oxygens (including phenoxy) is 2. The lowest BCUT2D eigenvalue weighted by molar-refractivity contribution is 0.00788. The van der Waals surface area contributed by atoms with Crippen LogP contribution < -0.4 is 0 Å². The molecule has 17 heavy (non-hydrogen) atoms. The fourth-order valence-corrected chi connectivity index (χ4v) is 2.23. The summed E-state index contributed by atoms with van der Waals surface area (Å²) in [5.74, 6) is 0.0106. The van der Waals surface area contributed by atoms with Gasteiger partial charge in [-0.15, -0.1) is 0 Å². The van der Waals surface area contributed by atoms with Crippen molar-refractivity contribution < 1.29 is 14.3 Å². The minimum Gasteiger partial charge on any atom is -0.383 e. The fourth-order valence-electron chi connectivity index (χ4n) is 2.23. The van der Waals surface area contributed by atoms with Gasteiger partial charge in [-0.2, -0.15) is 0 Å². The van der Waals surface area contributed by atoms with E-state index in [4.69, 9.17) is 9.47 Å². The van der Waals surface area contributed by atoms with Crippen LogP contribution in [0, 0.1) is 0 Å². The Morgan fingerprint density at radius 3 is 2.94 bits per heavy atom. The predicted molar refractivity (Wildman–Crippen MR) is 62.8 cm³/mol. The number of fused-ring (bicyclic) bond motifs is 1. The second kappa shape index (κ2) is 5.33. The Balaban J connectivity index is 2.25. The molecule has 1 aromatic rings. The first-order valence-corrected chi connectivity index (χ1v) is 5.72. The third-order valence-corrected chi connectivity index (χ3v) is 3.08. The average Bonchev–Trinajstić information content (AvgIpc) is 2.75. The van der Waals surface area contributed by atoms with Crippen molar-refractivity contribution in [3.8, 4) is 0 Å². The molecule has 5 heteroatoms. The molecule has 0 bridgehead atoms. The van der Waals surface area contributed by atoms with Gasteiger partial charge in [0.2, 0.25) is 0 Å². The Kier molecular flexibility index (Phi) is 3.81. The highest BCUT2D eigenvalue weighted by Crippen LogP contribution is 2.18. The number of nitrogens with zero attached hydrogens (tertiary/aromatic N) is 2. The van der Waals surface area contributed by atoms with Crippen LogP contribution in [0.3, 0.4) is 0 Å². The summed E-state index contributed by atoms with van der Waals surface area (Å²) in [4.78, 5) is 14.1. The first kappa shape index (κ1) is 12.1. The van der Waals surface area contributed by atoms with E-state index >= 15 is 0 Å². The van der Waals surface area contributed by atoms with Crippen LogP contribution in [0.2, 0.25) is 0 Å². The summed E-state index contributed by atoms with van der Waals surface area (Å²) in [6.45, 7) is 1.68. The zero-order valence-electron chi connectivity index (χ0n) is 10.3. The third-order valence-electron chi connectivity index (χ3n) is 3.08. The van der Waals surface area contributed by atoms with Crippen molar-refractivity contribution in [2.24, 2.45) is 0 Å². The van der Waals surface area contributed by atoms with E-state index in [0.29, 0.717) is 13.3 Å². The molecule has 2 rings (SSSR count).